The fourth-order valence-corrected chi connectivity index (χ4v) is 5.30. The summed E-state index contributed by atoms with van der Waals surface area (Å²) in [4.78, 5) is 17.1. The van der Waals surface area contributed by atoms with Crippen LogP contribution in [-0.4, -0.2) is 44.8 Å². The summed E-state index contributed by atoms with van der Waals surface area (Å²) in [5.41, 5.74) is 1.57. The lowest BCUT2D eigenvalue weighted by Crippen LogP contribution is -2.38. The van der Waals surface area contributed by atoms with Crippen molar-refractivity contribution in [2.24, 2.45) is 0 Å². The first kappa shape index (κ1) is 24.9. The first-order chi connectivity index (χ1) is 17.1. The summed E-state index contributed by atoms with van der Waals surface area (Å²) in [6.45, 7) is 1.14. The van der Waals surface area contributed by atoms with Gasteiger partial charge in [0.2, 0.25) is 5.75 Å². The van der Waals surface area contributed by atoms with E-state index in [0.717, 1.165) is 43.4 Å². The highest BCUT2D eigenvalue weighted by Gasteiger charge is 2.29. The quantitative estimate of drug-likeness (QED) is 0.328. The summed E-state index contributed by atoms with van der Waals surface area (Å²) in [6.07, 6.45) is 5.17. The Balaban J connectivity index is 1.54. The Morgan fingerprint density at radius 2 is 1.71 bits per heavy atom. The molecule has 1 aliphatic rings. The molecule has 0 atom stereocenters. The van der Waals surface area contributed by atoms with Crippen molar-refractivity contribution in [1.29, 1.82) is 0 Å². The van der Waals surface area contributed by atoms with Crippen molar-refractivity contribution in [3.8, 4) is 23.0 Å². The Labute approximate surface area is 211 Å². The number of amides is 1. The molecule has 0 unspecified atom stereocenters. The van der Waals surface area contributed by atoms with E-state index in [1.54, 1.807) is 44.8 Å². The first-order valence-corrected chi connectivity index (χ1v) is 12.9. The van der Waals surface area contributed by atoms with Crippen LogP contribution in [0.5, 0.6) is 23.0 Å². The lowest BCUT2D eigenvalue weighted by molar-refractivity contribution is 0.0663. The molecule has 1 saturated carbocycles. The number of hydrogen-bond donors (Lipinski definition) is 0. The van der Waals surface area contributed by atoms with Gasteiger partial charge in [-0.05, 0) is 54.1 Å². The molecule has 2 aromatic carbocycles. The van der Waals surface area contributed by atoms with Crippen LogP contribution in [0.3, 0.4) is 0 Å². The first-order valence-electron chi connectivity index (χ1n) is 12.0. The molecule has 3 aromatic rings. The minimum absolute atomic E-state index is 0.0415. The van der Waals surface area contributed by atoms with Crippen LogP contribution in [0.4, 0.5) is 0 Å². The van der Waals surface area contributed by atoms with Crippen LogP contribution in [0.25, 0.3) is 0 Å². The number of thiophene rings is 1. The number of rotatable bonds is 11. The van der Waals surface area contributed by atoms with Gasteiger partial charge >= 0.3 is 0 Å². The summed E-state index contributed by atoms with van der Waals surface area (Å²) in [5.74, 6) is 2.21. The van der Waals surface area contributed by atoms with Crippen LogP contribution in [0.15, 0.2) is 53.9 Å². The average Bonchev–Trinajstić information content (AvgIpc) is 3.61. The Morgan fingerprint density at radius 3 is 2.34 bits per heavy atom. The van der Waals surface area contributed by atoms with Gasteiger partial charge in [-0.1, -0.05) is 31.0 Å². The van der Waals surface area contributed by atoms with Crippen LogP contribution < -0.4 is 18.9 Å². The van der Waals surface area contributed by atoms with Gasteiger partial charge < -0.3 is 23.8 Å². The fraction of sp³-hybridized carbons (Fsp3) is 0.393. The van der Waals surface area contributed by atoms with Gasteiger partial charge in [-0.2, -0.15) is 0 Å². The molecule has 1 aliphatic carbocycles. The molecule has 0 aliphatic heterocycles. The number of carbonyl (C=O) groups excluding carboxylic acids is 1. The molecule has 1 heterocycles. The smallest absolute Gasteiger partial charge is 0.254 e. The van der Waals surface area contributed by atoms with E-state index in [9.17, 15) is 4.79 Å². The van der Waals surface area contributed by atoms with Crippen molar-refractivity contribution in [1.82, 2.24) is 4.90 Å². The van der Waals surface area contributed by atoms with Gasteiger partial charge in [0.1, 0.15) is 5.75 Å². The molecule has 0 bridgehead atoms. The van der Waals surface area contributed by atoms with Crippen molar-refractivity contribution in [3.05, 3.63) is 69.9 Å². The predicted octanol–water partition coefficient (Wildman–Crippen LogP) is 5.98. The van der Waals surface area contributed by atoms with Crippen molar-refractivity contribution in [2.75, 3.05) is 27.9 Å². The zero-order valence-electron chi connectivity index (χ0n) is 20.6. The lowest BCUT2D eigenvalue weighted by atomic mass is 10.1. The maximum atomic E-state index is 13.8. The Hall–Kier alpha value is -3.19. The second kappa shape index (κ2) is 12.0. The molecule has 35 heavy (non-hydrogen) atoms. The van der Waals surface area contributed by atoms with E-state index < -0.39 is 0 Å². The van der Waals surface area contributed by atoms with Crippen LogP contribution >= 0.6 is 11.3 Å². The highest BCUT2D eigenvalue weighted by molar-refractivity contribution is 7.09. The summed E-state index contributed by atoms with van der Waals surface area (Å²) in [6, 6.07) is 15.9. The Bertz CT molecular complexity index is 1080. The summed E-state index contributed by atoms with van der Waals surface area (Å²) >= 11 is 1.74. The minimum Gasteiger partial charge on any atom is -0.493 e. The minimum atomic E-state index is -0.0415. The fourth-order valence-electron chi connectivity index (χ4n) is 4.61. The van der Waals surface area contributed by atoms with Crippen molar-refractivity contribution in [3.63, 3.8) is 0 Å². The molecule has 1 aromatic heterocycles. The van der Waals surface area contributed by atoms with E-state index >= 15 is 0 Å². The van der Waals surface area contributed by atoms with E-state index in [1.165, 1.54) is 4.88 Å². The predicted molar refractivity (Wildman–Crippen MR) is 138 cm³/mol. The topological polar surface area (TPSA) is 57.2 Å². The number of methoxy groups -OCH3 is 3. The molecular weight excluding hydrogens is 462 g/mol. The third-order valence-corrected chi connectivity index (χ3v) is 7.32. The van der Waals surface area contributed by atoms with Crippen molar-refractivity contribution >= 4 is 17.2 Å². The van der Waals surface area contributed by atoms with Gasteiger partial charge in [-0.25, -0.2) is 0 Å². The van der Waals surface area contributed by atoms with Crippen molar-refractivity contribution < 1.29 is 23.7 Å². The van der Waals surface area contributed by atoms with E-state index in [2.05, 4.69) is 23.6 Å². The monoisotopic (exact) mass is 495 g/mol. The highest BCUT2D eigenvalue weighted by Crippen LogP contribution is 2.39. The number of nitrogens with zero attached hydrogens (tertiary/aromatic N) is 1. The van der Waals surface area contributed by atoms with Crippen LogP contribution in [-0.2, 0) is 13.0 Å². The second-order valence-corrected chi connectivity index (χ2v) is 9.64. The van der Waals surface area contributed by atoms with Crippen LogP contribution in [0, 0.1) is 0 Å². The lowest BCUT2D eigenvalue weighted by Gasteiger charge is -2.30. The largest absolute Gasteiger partial charge is 0.493 e. The van der Waals surface area contributed by atoms with Gasteiger partial charge in [-0.15, -0.1) is 11.3 Å². The highest BCUT2D eigenvalue weighted by atomic mass is 32.1. The molecular formula is C28H33NO5S. The van der Waals surface area contributed by atoms with E-state index in [-0.39, 0.29) is 11.9 Å². The number of ether oxygens (including phenoxy) is 4. The number of hydrogen-bond acceptors (Lipinski definition) is 6. The molecule has 0 saturated heterocycles. The SMILES string of the molecule is COc1cc(C(=O)N(Cc2cccc(OCCc3cccs3)c2)C2CCCC2)cc(OC)c1OC. The standard InChI is InChI=1S/C28H33NO5S/c1-31-25-17-21(18-26(32-2)27(25)33-3)28(30)29(22-9-4-5-10-22)19-20-8-6-11-23(16-20)34-14-13-24-12-7-15-35-24/h6-8,11-12,15-18,22H,4-5,9-10,13-14,19H2,1-3H3. The van der Waals surface area contributed by atoms with Gasteiger partial charge in [-0.3, -0.25) is 4.79 Å². The van der Waals surface area contributed by atoms with Crippen LogP contribution in [0.1, 0.15) is 46.5 Å². The summed E-state index contributed by atoms with van der Waals surface area (Å²) < 4.78 is 22.4. The zero-order valence-corrected chi connectivity index (χ0v) is 21.4. The normalized spacial score (nSPS) is 13.5. The van der Waals surface area contributed by atoms with Gasteiger partial charge in [0.25, 0.3) is 5.91 Å². The summed E-state index contributed by atoms with van der Waals surface area (Å²) in [7, 11) is 4.68. The zero-order chi connectivity index (χ0) is 24.6. The van der Waals surface area contributed by atoms with Gasteiger partial charge in [0.15, 0.2) is 11.5 Å². The third kappa shape index (κ3) is 6.09. The Morgan fingerprint density at radius 1 is 0.971 bits per heavy atom. The molecule has 0 radical (unpaired) electrons. The Kier molecular flexibility index (Phi) is 8.53. The average molecular weight is 496 g/mol. The molecule has 0 spiro atoms. The maximum absolute atomic E-state index is 13.8. The van der Waals surface area contributed by atoms with E-state index in [1.807, 2.05) is 23.1 Å². The van der Waals surface area contributed by atoms with E-state index in [0.29, 0.717) is 36.0 Å². The molecule has 186 valence electrons. The summed E-state index contributed by atoms with van der Waals surface area (Å²) in [5, 5.41) is 2.08. The van der Waals surface area contributed by atoms with Gasteiger partial charge in [0.05, 0.1) is 27.9 Å². The van der Waals surface area contributed by atoms with Crippen molar-refractivity contribution in [2.45, 2.75) is 44.7 Å². The molecule has 4 rings (SSSR count). The number of carbonyl (C=O) groups is 1. The second-order valence-electron chi connectivity index (χ2n) is 8.61. The molecule has 6 nitrogen and oxygen atoms in total. The molecule has 0 N–H and O–H groups in total. The maximum Gasteiger partial charge on any atom is 0.254 e. The van der Waals surface area contributed by atoms with E-state index in [4.69, 9.17) is 18.9 Å². The van der Waals surface area contributed by atoms with Crippen LogP contribution in [0.2, 0.25) is 0 Å². The number of benzene rings is 2. The van der Waals surface area contributed by atoms with Gasteiger partial charge in [0, 0.05) is 29.4 Å². The third-order valence-electron chi connectivity index (χ3n) is 6.39. The molecule has 7 heteroatoms. The molecule has 1 amide bonds. The molecule has 1 fully saturated rings.